The first kappa shape index (κ1) is 29.5. The van der Waals surface area contributed by atoms with Crippen LogP contribution in [0.3, 0.4) is 0 Å². The number of alkyl carbamates (subject to hydrolysis) is 1. The first-order valence-corrected chi connectivity index (χ1v) is 13.7. The standard InChI is InChI=1S/C28H24F5NO4S2/c1-27(2,3)38-26(36)34-19(11-12-20(35)25-17(29)5-4-6-18(25)30)22-14-24-23(40-22)13-21(39-24)15-7-9-16(10-8-15)37-28(31,32)33/h4-10,13-14,19H,11-12H2,1-3H3,(H,34,36). The Morgan fingerprint density at radius 2 is 1.55 bits per heavy atom. The molecule has 0 saturated carbocycles. The van der Waals surface area contributed by atoms with Gasteiger partial charge in [-0.3, -0.25) is 4.79 Å². The van der Waals surface area contributed by atoms with E-state index in [4.69, 9.17) is 4.74 Å². The van der Waals surface area contributed by atoms with Gasteiger partial charge in [-0.05, 0) is 81.3 Å². The molecule has 1 atom stereocenters. The third-order valence-electron chi connectivity index (χ3n) is 5.53. The Kier molecular flexibility index (Phi) is 8.50. The number of ether oxygens (including phenoxy) is 2. The highest BCUT2D eigenvalue weighted by atomic mass is 32.1. The lowest BCUT2D eigenvalue weighted by Gasteiger charge is -2.23. The van der Waals surface area contributed by atoms with Crippen molar-refractivity contribution in [1.29, 1.82) is 0 Å². The Labute approximate surface area is 234 Å². The average molecular weight is 598 g/mol. The Balaban J connectivity index is 1.55. The zero-order valence-electron chi connectivity index (χ0n) is 21.5. The summed E-state index contributed by atoms with van der Waals surface area (Å²) in [5.41, 5.74) is -0.695. The second-order valence-corrected chi connectivity index (χ2v) is 12.0. The predicted molar refractivity (Wildman–Crippen MR) is 144 cm³/mol. The molecule has 0 saturated heterocycles. The fraction of sp³-hybridized carbons (Fsp3) is 0.286. The number of nitrogens with one attached hydrogen (secondary N) is 1. The van der Waals surface area contributed by atoms with Crippen LogP contribution in [-0.4, -0.2) is 23.8 Å². The number of halogens is 5. The molecule has 0 aliphatic carbocycles. The summed E-state index contributed by atoms with van der Waals surface area (Å²) in [5.74, 6) is -2.96. The van der Waals surface area contributed by atoms with Crippen molar-refractivity contribution in [3.8, 4) is 16.2 Å². The molecule has 1 N–H and O–H groups in total. The van der Waals surface area contributed by atoms with E-state index in [1.165, 1.54) is 53.0 Å². The Morgan fingerprint density at radius 1 is 0.925 bits per heavy atom. The zero-order valence-corrected chi connectivity index (χ0v) is 23.2. The van der Waals surface area contributed by atoms with Crippen LogP contribution in [-0.2, 0) is 4.74 Å². The van der Waals surface area contributed by atoms with Crippen LogP contribution in [0.15, 0.2) is 54.6 Å². The third-order valence-corrected chi connectivity index (χ3v) is 7.99. The maximum Gasteiger partial charge on any atom is 0.573 e. The highest BCUT2D eigenvalue weighted by Crippen LogP contribution is 2.41. The number of rotatable bonds is 8. The number of hydrogen-bond donors (Lipinski definition) is 1. The summed E-state index contributed by atoms with van der Waals surface area (Å²) in [5, 5.41) is 2.76. The quantitative estimate of drug-likeness (QED) is 0.163. The van der Waals surface area contributed by atoms with Gasteiger partial charge in [0.15, 0.2) is 5.78 Å². The molecule has 5 nitrogen and oxygen atoms in total. The number of carbonyl (C=O) groups is 2. The summed E-state index contributed by atoms with van der Waals surface area (Å²) in [7, 11) is 0. The molecule has 12 heteroatoms. The normalized spacial score (nSPS) is 12.8. The third kappa shape index (κ3) is 7.57. The molecular weight excluding hydrogens is 573 g/mol. The zero-order chi connectivity index (χ0) is 29.2. The van der Waals surface area contributed by atoms with E-state index in [1.54, 1.807) is 20.8 Å². The van der Waals surface area contributed by atoms with Gasteiger partial charge in [-0.15, -0.1) is 35.8 Å². The van der Waals surface area contributed by atoms with Crippen molar-refractivity contribution in [1.82, 2.24) is 5.32 Å². The van der Waals surface area contributed by atoms with Crippen LogP contribution in [0.1, 0.15) is 54.9 Å². The van der Waals surface area contributed by atoms with Crippen LogP contribution < -0.4 is 10.1 Å². The molecule has 40 heavy (non-hydrogen) atoms. The van der Waals surface area contributed by atoms with Crippen molar-refractivity contribution in [2.45, 2.75) is 51.6 Å². The number of thiophene rings is 2. The Hall–Kier alpha value is -3.51. The van der Waals surface area contributed by atoms with Gasteiger partial charge in [0.2, 0.25) is 0 Å². The summed E-state index contributed by atoms with van der Waals surface area (Å²) < 4.78 is 76.5. The van der Waals surface area contributed by atoms with Gasteiger partial charge in [0, 0.05) is 25.6 Å². The number of ketones is 1. The molecule has 4 rings (SSSR count). The van der Waals surface area contributed by atoms with Crippen molar-refractivity contribution < 1.29 is 41.0 Å². The van der Waals surface area contributed by atoms with Crippen molar-refractivity contribution >= 4 is 43.9 Å². The van der Waals surface area contributed by atoms with Gasteiger partial charge in [-0.2, -0.15) is 0 Å². The highest BCUT2D eigenvalue weighted by Gasteiger charge is 2.31. The van der Waals surface area contributed by atoms with Crippen LogP contribution in [0.25, 0.3) is 19.8 Å². The molecule has 2 heterocycles. The number of fused-ring (bicyclic) bond motifs is 1. The van der Waals surface area contributed by atoms with E-state index in [-0.39, 0.29) is 18.6 Å². The maximum atomic E-state index is 14.1. The van der Waals surface area contributed by atoms with E-state index < -0.39 is 47.1 Å². The number of amides is 1. The van der Waals surface area contributed by atoms with E-state index in [9.17, 15) is 31.5 Å². The van der Waals surface area contributed by atoms with E-state index in [0.717, 1.165) is 26.4 Å². The highest BCUT2D eigenvalue weighted by molar-refractivity contribution is 7.29. The molecule has 2 aromatic heterocycles. The van der Waals surface area contributed by atoms with Gasteiger partial charge in [0.25, 0.3) is 0 Å². The van der Waals surface area contributed by atoms with E-state index >= 15 is 0 Å². The molecule has 0 aliphatic rings. The van der Waals surface area contributed by atoms with Gasteiger partial charge < -0.3 is 14.8 Å². The molecule has 0 bridgehead atoms. The molecule has 0 spiro atoms. The number of hydrogen-bond acceptors (Lipinski definition) is 6. The largest absolute Gasteiger partial charge is 0.573 e. The minimum atomic E-state index is -4.78. The lowest BCUT2D eigenvalue weighted by atomic mass is 10.0. The molecule has 1 amide bonds. The Bertz CT molecular complexity index is 1470. The topological polar surface area (TPSA) is 64.6 Å². The fourth-order valence-electron chi connectivity index (χ4n) is 3.89. The minimum Gasteiger partial charge on any atom is -0.444 e. The maximum absolute atomic E-state index is 14.1. The number of alkyl halides is 3. The fourth-order valence-corrected chi connectivity index (χ4v) is 6.39. The van der Waals surface area contributed by atoms with Gasteiger partial charge >= 0.3 is 12.5 Å². The molecule has 1 unspecified atom stereocenters. The lowest BCUT2D eigenvalue weighted by Crippen LogP contribution is -2.35. The van der Waals surface area contributed by atoms with Crippen molar-refractivity contribution in [2.75, 3.05) is 0 Å². The van der Waals surface area contributed by atoms with Crippen LogP contribution in [0.4, 0.5) is 26.7 Å². The molecule has 0 fully saturated rings. The SMILES string of the molecule is CC(C)(C)OC(=O)NC(CCC(=O)c1c(F)cccc1F)c1cc2sc(-c3ccc(OC(F)(F)F)cc3)cc2s1. The number of Topliss-reactive ketones (excluding diaryl/α,β-unsaturated/α-hetero) is 1. The summed E-state index contributed by atoms with van der Waals surface area (Å²) in [6, 6.07) is 11.7. The number of benzene rings is 2. The molecule has 4 aromatic rings. The van der Waals surface area contributed by atoms with Crippen molar-refractivity contribution in [2.24, 2.45) is 0 Å². The summed E-state index contributed by atoms with van der Waals surface area (Å²) >= 11 is 2.75. The molecule has 212 valence electrons. The summed E-state index contributed by atoms with van der Waals surface area (Å²) in [4.78, 5) is 26.7. The first-order valence-electron chi connectivity index (χ1n) is 12.0. The molecule has 0 radical (unpaired) electrons. The first-order chi connectivity index (χ1) is 18.7. The summed E-state index contributed by atoms with van der Waals surface area (Å²) in [6.07, 6.45) is -5.66. The van der Waals surface area contributed by atoms with Crippen molar-refractivity contribution in [3.63, 3.8) is 0 Å². The van der Waals surface area contributed by atoms with Crippen LogP contribution in [0, 0.1) is 11.6 Å². The van der Waals surface area contributed by atoms with Gasteiger partial charge in [0.1, 0.15) is 23.0 Å². The van der Waals surface area contributed by atoms with E-state index in [2.05, 4.69) is 10.1 Å². The van der Waals surface area contributed by atoms with Crippen LogP contribution in [0.5, 0.6) is 5.75 Å². The predicted octanol–water partition coefficient (Wildman–Crippen LogP) is 9.04. The van der Waals surface area contributed by atoms with Gasteiger partial charge in [0.05, 0.1) is 11.6 Å². The van der Waals surface area contributed by atoms with E-state index in [0.29, 0.717) is 10.4 Å². The second-order valence-electron chi connectivity index (χ2n) is 9.82. The van der Waals surface area contributed by atoms with Crippen LogP contribution in [0.2, 0.25) is 0 Å². The van der Waals surface area contributed by atoms with Crippen LogP contribution >= 0.6 is 22.7 Å². The summed E-state index contributed by atoms with van der Waals surface area (Å²) in [6.45, 7) is 5.11. The number of carbonyl (C=O) groups excluding carboxylic acids is 2. The molecule has 0 aliphatic heterocycles. The van der Waals surface area contributed by atoms with Gasteiger partial charge in [-0.25, -0.2) is 13.6 Å². The average Bonchev–Trinajstić information content (AvgIpc) is 3.39. The molecule has 2 aromatic carbocycles. The van der Waals surface area contributed by atoms with Crippen molar-refractivity contribution in [3.05, 3.63) is 76.7 Å². The Morgan fingerprint density at radius 3 is 2.12 bits per heavy atom. The monoisotopic (exact) mass is 597 g/mol. The van der Waals surface area contributed by atoms with E-state index in [1.807, 2.05) is 12.1 Å². The smallest absolute Gasteiger partial charge is 0.444 e. The lowest BCUT2D eigenvalue weighted by molar-refractivity contribution is -0.274. The van der Waals surface area contributed by atoms with Gasteiger partial charge in [-0.1, -0.05) is 6.07 Å². The second kappa shape index (κ2) is 11.5. The minimum absolute atomic E-state index is 0.0626. The molecular formula is C28H24F5NO4S2.